The number of pyridine rings is 1. The van der Waals surface area contributed by atoms with Crippen LogP contribution < -0.4 is 10.7 Å². The third-order valence-corrected chi connectivity index (χ3v) is 5.59. The van der Waals surface area contributed by atoms with Crippen molar-refractivity contribution in [2.45, 2.75) is 50.6 Å². The zero-order valence-electron chi connectivity index (χ0n) is 15.0. The van der Waals surface area contributed by atoms with E-state index in [0.717, 1.165) is 45.1 Å². The van der Waals surface area contributed by atoms with E-state index < -0.39 is 17.2 Å². The van der Waals surface area contributed by atoms with E-state index in [-0.39, 0.29) is 23.0 Å². The van der Waals surface area contributed by atoms with Crippen LogP contribution in [0.2, 0.25) is 0 Å². The minimum atomic E-state index is -1.28. The maximum absolute atomic E-state index is 14.7. The standard InChI is InChI=1S/C20H23FN2O4/c21-16-8-14-18(9-17(16)22-12-4-3-7-27-11-12)23(13-5-1-2-6-13)10-15(19(14)24)20(25)26/h8-10,12-13,22H,1-7,11H2,(H,25,26). The van der Waals surface area contributed by atoms with Gasteiger partial charge in [-0.25, -0.2) is 9.18 Å². The summed E-state index contributed by atoms with van der Waals surface area (Å²) in [5.41, 5.74) is -0.0434. The minimum Gasteiger partial charge on any atom is -0.477 e. The summed E-state index contributed by atoms with van der Waals surface area (Å²) in [7, 11) is 0. The van der Waals surface area contributed by atoms with Crippen molar-refractivity contribution in [1.82, 2.24) is 4.57 Å². The van der Waals surface area contributed by atoms with E-state index in [1.54, 1.807) is 6.07 Å². The largest absolute Gasteiger partial charge is 0.477 e. The SMILES string of the molecule is O=C(O)c1cn(C2CCCC2)c2cc(NC3CCCOC3)c(F)cc2c1=O. The molecule has 2 heterocycles. The molecule has 1 unspecified atom stereocenters. The van der Waals surface area contributed by atoms with Crippen LogP contribution in [0.25, 0.3) is 10.9 Å². The highest BCUT2D eigenvalue weighted by Gasteiger charge is 2.24. The monoisotopic (exact) mass is 374 g/mol. The second-order valence-corrected chi connectivity index (χ2v) is 7.43. The maximum Gasteiger partial charge on any atom is 0.341 e. The van der Waals surface area contributed by atoms with Gasteiger partial charge in [-0.2, -0.15) is 0 Å². The number of fused-ring (bicyclic) bond motifs is 1. The quantitative estimate of drug-likeness (QED) is 0.856. The first kappa shape index (κ1) is 18.0. The van der Waals surface area contributed by atoms with Crippen LogP contribution in [0.3, 0.4) is 0 Å². The van der Waals surface area contributed by atoms with Crippen LogP contribution in [-0.4, -0.2) is 34.9 Å². The molecule has 4 rings (SSSR count). The number of carbonyl (C=O) groups is 1. The Morgan fingerprint density at radius 1 is 1.22 bits per heavy atom. The first-order valence-corrected chi connectivity index (χ1v) is 9.50. The summed E-state index contributed by atoms with van der Waals surface area (Å²) < 4.78 is 22.0. The summed E-state index contributed by atoms with van der Waals surface area (Å²) in [4.78, 5) is 24.1. The number of halogens is 1. The van der Waals surface area contributed by atoms with Crippen molar-refractivity contribution >= 4 is 22.6 Å². The van der Waals surface area contributed by atoms with Gasteiger partial charge in [-0.15, -0.1) is 0 Å². The van der Waals surface area contributed by atoms with Crippen molar-refractivity contribution in [3.63, 3.8) is 0 Å². The molecule has 2 N–H and O–H groups in total. The van der Waals surface area contributed by atoms with Crippen molar-refractivity contribution in [3.05, 3.63) is 39.9 Å². The molecule has 2 aromatic rings. The predicted octanol–water partition coefficient (Wildman–Crippen LogP) is 3.54. The number of rotatable bonds is 4. The molecule has 6 nitrogen and oxygen atoms in total. The number of nitrogens with zero attached hydrogens (tertiary/aromatic N) is 1. The van der Waals surface area contributed by atoms with Crippen molar-refractivity contribution < 1.29 is 19.0 Å². The molecule has 1 aliphatic heterocycles. The van der Waals surface area contributed by atoms with E-state index in [9.17, 15) is 19.1 Å². The van der Waals surface area contributed by atoms with Crippen molar-refractivity contribution in [2.24, 2.45) is 0 Å². The number of anilines is 1. The Labute approximate surface area is 155 Å². The number of aromatic nitrogens is 1. The fourth-order valence-electron chi connectivity index (χ4n) is 4.19. The third-order valence-electron chi connectivity index (χ3n) is 5.59. The van der Waals surface area contributed by atoms with Crippen LogP contribution in [0.15, 0.2) is 23.1 Å². The average molecular weight is 374 g/mol. The van der Waals surface area contributed by atoms with Crippen LogP contribution in [0.1, 0.15) is 54.9 Å². The van der Waals surface area contributed by atoms with Gasteiger partial charge >= 0.3 is 5.97 Å². The van der Waals surface area contributed by atoms with Crippen LogP contribution in [0.4, 0.5) is 10.1 Å². The molecule has 2 aliphatic rings. The van der Waals surface area contributed by atoms with Gasteiger partial charge in [-0.3, -0.25) is 4.79 Å². The number of hydrogen-bond donors (Lipinski definition) is 2. The van der Waals surface area contributed by atoms with Crippen LogP contribution >= 0.6 is 0 Å². The Morgan fingerprint density at radius 3 is 2.67 bits per heavy atom. The normalized spacial score (nSPS) is 20.9. The number of nitrogens with one attached hydrogen (secondary N) is 1. The molecule has 7 heteroatoms. The van der Waals surface area contributed by atoms with Crippen molar-refractivity contribution in [2.75, 3.05) is 18.5 Å². The zero-order valence-corrected chi connectivity index (χ0v) is 15.0. The lowest BCUT2D eigenvalue weighted by Gasteiger charge is -2.25. The Morgan fingerprint density at radius 2 is 2.00 bits per heavy atom. The van der Waals surface area contributed by atoms with E-state index in [2.05, 4.69) is 5.32 Å². The topological polar surface area (TPSA) is 80.6 Å². The van der Waals surface area contributed by atoms with Gasteiger partial charge in [0.15, 0.2) is 0 Å². The van der Waals surface area contributed by atoms with E-state index in [1.807, 2.05) is 4.57 Å². The molecule has 1 atom stereocenters. The number of benzene rings is 1. The lowest BCUT2D eigenvalue weighted by Crippen LogP contribution is -2.30. The third kappa shape index (κ3) is 3.43. The first-order valence-electron chi connectivity index (χ1n) is 9.50. The Kier molecular flexibility index (Phi) is 4.86. The molecule has 0 spiro atoms. The van der Waals surface area contributed by atoms with Crippen LogP contribution in [0.5, 0.6) is 0 Å². The van der Waals surface area contributed by atoms with Crippen LogP contribution in [-0.2, 0) is 4.74 Å². The van der Waals surface area contributed by atoms with Gasteiger partial charge in [-0.05, 0) is 37.8 Å². The van der Waals surface area contributed by atoms with Gasteiger partial charge in [0.1, 0.15) is 11.4 Å². The van der Waals surface area contributed by atoms with Crippen molar-refractivity contribution in [3.8, 4) is 0 Å². The minimum absolute atomic E-state index is 0.0237. The molecule has 27 heavy (non-hydrogen) atoms. The highest BCUT2D eigenvalue weighted by Crippen LogP contribution is 2.33. The van der Waals surface area contributed by atoms with Crippen LogP contribution in [0, 0.1) is 5.82 Å². The van der Waals surface area contributed by atoms with E-state index in [1.165, 1.54) is 12.3 Å². The molecule has 0 radical (unpaired) electrons. The van der Waals surface area contributed by atoms with Gasteiger partial charge in [0.25, 0.3) is 0 Å². The van der Waals surface area contributed by atoms with Crippen molar-refractivity contribution in [1.29, 1.82) is 0 Å². The van der Waals surface area contributed by atoms with E-state index in [0.29, 0.717) is 17.8 Å². The second-order valence-electron chi connectivity index (χ2n) is 7.43. The van der Waals surface area contributed by atoms with Gasteiger partial charge in [0.05, 0.1) is 17.8 Å². The summed E-state index contributed by atoms with van der Waals surface area (Å²) in [6, 6.07) is 2.96. The summed E-state index contributed by atoms with van der Waals surface area (Å²) in [5.74, 6) is -1.83. The van der Waals surface area contributed by atoms with Gasteiger partial charge < -0.3 is 19.7 Å². The smallest absolute Gasteiger partial charge is 0.341 e. The lowest BCUT2D eigenvalue weighted by atomic mass is 10.1. The molecule has 144 valence electrons. The number of hydrogen-bond acceptors (Lipinski definition) is 4. The fourth-order valence-corrected chi connectivity index (χ4v) is 4.19. The summed E-state index contributed by atoms with van der Waals surface area (Å²) in [6.07, 6.45) is 7.21. The molecule has 1 saturated carbocycles. The molecular formula is C20H23FN2O4. The highest BCUT2D eigenvalue weighted by molar-refractivity contribution is 5.93. The fraction of sp³-hybridized carbons (Fsp3) is 0.500. The summed E-state index contributed by atoms with van der Waals surface area (Å²) in [5, 5.41) is 12.7. The number of ether oxygens (including phenoxy) is 1. The lowest BCUT2D eigenvalue weighted by molar-refractivity contribution is 0.0694. The van der Waals surface area contributed by atoms with Gasteiger partial charge in [0, 0.05) is 30.3 Å². The molecule has 0 amide bonds. The first-order chi connectivity index (χ1) is 13.0. The Balaban J connectivity index is 1.84. The maximum atomic E-state index is 14.7. The van der Waals surface area contributed by atoms with Gasteiger partial charge in [-0.1, -0.05) is 12.8 Å². The molecule has 1 saturated heterocycles. The number of carboxylic acids is 1. The molecule has 1 aromatic heterocycles. The zero-order chi connectivity index (χ0) is 19.0. The molecule has 2 fully saturated rings. The van der Waals surface area contributed by atoms with E-state index in [4.69, 9.17) is 4.74 Å². The number of carboxylic acid groups (broad SMARTS) is 1. The van der Waals surface area contributed by atoms with Gasteiger partial charge in [0.2, 0.25) is 5.43 Å². The molecular weight excluding hydrogens is 351 g/mol. The highest BCUT2D eigenvalue weighted by atomic mass is 19.1. The van der Waals surface area contributed by atoms with E-state index >= 15 is 0 Å². The molecule has 1 aliphatic carbocycles. The number of aromatic carboxylic acids is 1. The Hall–Kier alpha value is -2.41. The predicted molar refractivity (Wildman–Crippen MR) is 100 cm³/mol. The summed E-state index contributed by atoms with van der Waals surface area (Å²) in [6.45, 7) is 1.24. The average Bonchev–Trinajstić information content (AvgIpc) is 3.18. The summed E-state index contributed by atoms with van der Waals surface area (Å²) >= 11 is 0. The molecule has 1 aromatic carbocycles. The molecule has 0 bridgehead atoms. The Bertz CT molecular complexity index is 928. The second kappa shape index (κ2) is 7.31.